The van der Waals surface area contributed by atoms with Gasteiger partial charge in [0.1, 0.15) is 0 Å². The lowest BCUT2D eigenvalue weighted by molar-refractivity contribution is 0.957. The van der Waals surface area contributed by atoms with Gasteiger partial charge in [-0.2, -0.15) is 0 Å². The molecule has 1 aliphatic carbocycles. The first-order chi connectivity index (χ1) is 7.66. The average Bonchev–Trinajstić information content (AvgIpc) is 2.53. The van der Waals surface area contributed by atoms with E-state index >= 15 is 0 Å². The molecule has 0 aliphatic heterocycles. The zero-order valence-corrected chi connectivity index (χ0v) is 10.3. The number of halogens is 2. The van der Waals surface area contributed by atoms with Gasteiger partial charge in [0.05, 0.1) is 0 Å². The van der Waals surface area contributed by atoms with Gasteiger partial charge in [-0.3, -0.25) is 0 Å². The van der Waals surface area contributed by atoms with Gasteiger partial charge < -0.3 is 0 Å². The Hall–Kier alpha value is -0.980. The molecule has 16 heavy (non-hydrogen) atoms. The number of benzene rings is 2. The van der Waals surface area contributed by atoms with E-state index in [0.717, 1.165) is 10.0 Å². The molecule has 0 aromatic heterocycles. The summed E-state index contributed by atoms with van der Waals surface area (Å²) in [5, 5.41) is 1.59. The molecule has 0 nitrogen and oxygen atoms in total. The van der Waals surface area contributed by atoms with Gasteiger partial charge in [0.25, 0.3) is 0 Å². The van der Waals surface area contributed by atoms with E-state index in [2.05, 4.69) is 31.2 Å². The molecule has 0 atom stereocenters. The van der Waals surface area contributed by atoms with Crippen molar-refractivity contribution < 1.29 is 0 Å². The van der Waals surface area contributed by atoms with Crippen LogP contribution in [-0.4, -0.2) is 0 Å². The second kappa shape index (κ2) is 3.51. The summed E-state index contributed by atoms with van der Waals surface area (Å²) in [6.45, 7) is 2.19. The first-order valence-corrected chi connectivity index (χ1v) is 6.01. The fourth-order valence-corrected chi connectivity index (χ4v) is 2.80. The number of hydrogen-bond acceptors (Lipinski definition) is 0. The van der Waals surface area contributed by atoms with Crippen LogP contribution in [0.5, 0.6) is 0 Å². The van der Waals surface area contributed by atoms with Crippen molar-refractivity contribution in [1.82, 2.24) is 0 Å². The molecule has 0 heterocycles. The maximum Gasteiger partial charge on any atom is 0.0409 e. The maximum atomic E-state index is 6.04. The lowest BCUT2D eigenvalue weighted by Gasteiger charge is -2.06. The second-order valence-corrected chi connectivity index (χ2v) is 5.06. The molecule has 0 spiro atoms. The molecule has 0 N–H and O–H groups in total. The summed E-state index contributed by atoms with van der Waals surface area (Å²) in [6.07, 6.45) is 0. The Morgan fingerprint density at radius 2 is 1.25 bits per heavy atom. The Morgan fingerprint density at radius 3 is 1.69 bits per heavy atom. The van der Waals surface area contributed by atoms with Gasteiger partial charge in [-0.05, 0) is 46.5 Å². The van der Waals surface area contributed by atoms with Crippen LogP contribution in [0.4, 0.5) is 0 Å². The Bertz CT molecular complexity index is 521. The Labute approximate surface area is 105 Å². The zero-order chi connectivity index (χ0) is 11.3. The molecule has 2 aromatic rings. The summed E-state index contributed by atoms with van der Waals surface area (Å²) >= 11 is 12.1. The van der Waals surface area contributed by atoms with Crippen molar-refractivity contribution in [1.29, 1.82) is 0 Å². The second-order valence-electron chi connectivity index (χ2n) is 4.18. The molecule has 0 saturated carbocycles. The predicted molar refractivity (Wildman–Crippen MR) is 69.4 cm³/mol. The van der Waals surface area contributed by atoms with E-state index in [0.29, 0.717) is 5.92 Å². The molecule has 3 rings (SSSR count). The van der Waals surface area contributed by atoms with E-state index in [1.807, 2.05) is 12.1 Å². The predicted octanol–water partition coefficient (Wildman–Crippen LogP) is 5.13. The minimum atomic E-state index is 0.377. The van der Waals surface area contributed by atoms with Gasteiger partial charge in [0.2, 0.25) is 0 Å². The standard InChI is InChI=1S/C14H10Cl2/c1-8-13-6-9(15)2-4-11(13)12-5-3-10(16)7-14(8)12/h2-8H,1H3. The van der Waals surface area contributed by atoms with Crippen LogP contribution >= 0.6 is 23.2 Å². The fraction of sp³-hybridized carbons (Fsp3) is 0.143. The Kier molecular flexibility index (Phi) is 2.24. The monoisotopic (exact) mass is 248 g/mol. The third-order valence-corrected chi connectivity index (χ3v) is 3.72. The van der Waals surface area contributed by atoms with Gasteiger partial charge in [-0.1, -0.05) is 42.3 Å². The highest BCUT2D eigenvalue weighted by molar-refractivity contribution is 6.31. The van der Waals surface area contributed by atoms with Crippen LogP contribution in [0.2, 0.25) is 10.0 Å². The van der Waals surface area contributed by atoms with Crippen LogP contribution in [0.25, 0.3) is 11.1 Å². The maximum absolute atomic E-state index is 6.04. The molecular formula is C14H10Cl2. The van der Waals surface area contributed by atoms with Crippen molar-refractivity contribution in [3.8, 4) is 11.1 Å². The molecule has 0 fully saturated rings. The van der Waals surface area contributed by atoms with E-state index in [9.17, 15) is 0 Å². The summed E-state index contributed by atoms with van der Waals surface area (Å²) in [5.41, 5.74) is 5.15. The highest BCUT2D eigenvalue weighted by Gasteiger charge is 2.25. The molecule has 80 valence electrons. The quantitative estimate of drug-likeness (QED) is 0.607. The molecule has 2 heteroatoms. The molecule has 0 saturated heterocycles. The van der Waals surface area contributed by atoms with Gasteiger partial charge in [-0.25, -0.2) is 0 Å². The molecule has 0 amide bonds. The molecule has 0 radical (unpaired) electrons. The summed E-state index contributed by atoms with van der Waals surface area (Å²) < 4.78 is 0. The van der Waals surface area contributed by atoms with E-state index in [1.54, 1.807) is 0 Å². The van der Waals surface area contributed by atoms with Crippen LogP contribution < -0.4 is 0 Å². The third kappa shape index (κ3) is 1.37. The first kappa shape index (κ1) is 10.2. The Morgan fingerprint density at radius 1 is 0.812 bits per heavy atom. The van der Waals surface area contributed by atoms with Crippen molar-refractivity contribution in [3.63, 3.8) is 0 Å². The smallest absolute Gasteiger partial charge is 0.0409 e. The SMILES string of the molecule is CC1c2cc(Cl)ccc2-c2ccc(Cl)cc21. The average molecular weight is 249 g/mol. The molecule has 0 unspecified atom stereocenters. The summed E-state index contributed by atoms with van der Waals surface area (Å²) in [4.78, 5) is 0. The molecule has 0 bridgehead atoms. The summed E-state index contributed by atoms with van der Waals surface area (Å²) in [7, 11) is 0. The van der Waals surface area contributed by atoms with Crippen LogP contribution in [0.15, 0.2) is 36.4 Å². The number of fused-ring (bicyclic) bond motifs is 3. The highest BCUT2D eigenvalue weighted by Crippen LogP contribution is 2.45. The molecule has 1 aliphatic rings. The van der Waals surface area contributed by atoms with Crippen LogP contribution in [0, 0.1) is 0 Å². The summed E-state index contributed by atoms with van der Waals surface area (Å²) in [6, 6.07) is 12.2. The largest absolute Gasteiger partial charge is 0.0843 e. The molecule has 2 aromatic carbocycles. The van der Waals surface area contributed by atoms with Crippen LogP contribution in [0.1, 0.15) is 24.0 Å². The summed E-state index contributed by atoms with van der Waals surface area (Å²) in [5.74, 6) is 0.377. The van der Waals surface area contributed by atoms with E-state index in [4.69, 9.17) is 23.2 Å². The van der Waals surface area contributed by atoms with Gasteiger partial charge in [0.15, 0.2) is 0 Å². The number of hydrogen-bond donors (Lipinski definition) is 0. The third-order valence-electron chi connectivity index (χ3n) is 3.25. The normalized spacial score (nSPS) is 13.7. The lowest BCUT2D eigenvalue weighted by Crippen LogP contribution is -1.89. The van der Waals surface area contributed by atoms with Gasteiger partial charge in [-0.15, -0.1) is 0 Å². The van der Waals surface area contributed by atoms with E-state index in [1.165, 1.54) is 22.3 Å². The van der Waals surface area contributed by atoms with Crippen LogP contribution in [-0.2, 0) is 0 Å². The van der Waals surface area contributed by atoms with Crippen molar-refractivity contribution in [2.45, 2.75) is 12.8 Å². The van der Waals surface area contributed by atoms with Crippen LogP contribution in [0.3, 0.4) is 0 Å². The minimum Gasteiger partial charge on any atom is -0.0843 e. The minimum absolute atomic E-state index is 0.377. The van der Waals surface area contributed by atoms with Crippen molar-refractivity contribution in [2.24, 2.45) is 0 Å². The lowest BCUT2D eigenvalue weighted by atomic mass is 10.00. The molecular weight excluding hydrogens is 239 g/mol. The van der Waals surface area contributed by atoms with Crippen molar-refractivity contribution >= 4 is 23.2 Å². The fourth-order valence-electron chi connectivity index (χ4n) is 2.44. The zero-order valence-electron chi connectivity index (χ0n) is 8.80. The van der Waals surface area contributed by atoms with E-state index < -0.39 is 0 Å². The van der Waals surface area contributed by atoms with E-state index in [-0.39, 0.29) is 0 Å². The highest BCUT2D eigenvalue weighted by atomic mass is 35.5. The topological polar surface area (TPSA) is 0 Å². The van der Waals surface area contributed by atoms with Crippen molar-refractivity contribution in [3.05, 3.63) is 57.6 Å². The Balaban J connectivity index is 2.30. The van der Waals surface area contributed by atoms with Gasteiger partial charge in [0, 0.05) is 16.0 Å². The first-order valence-electron chi connectivity index (χ1n) is 5.26. The van der Waals surface area contributed by atoms with Crippen molar-refractivity contribution in [2.75, 3.05) is 0 Å². The van der Waals surface area contributed by atoms with Gasteiger partial charge >= 0.3 is 0 Å². The number of rotatable bonds is 0.